The number of nitrogens with one attached hydrogen (secondary N) is 1. The summed E-state index contributed by atoms with van der Waals surface area (Å²) in [5.74, 6) is 0. The van der Waals surface area contributed by atoms with Gasteiger partial charge in [-0.2, -0.15) is 0 Å². The molecule has 0 amide bonds. The number of ether oxygens (including phenoxy) is 1. The van der Waals surface area contributed by atoms with Crippen molar-refractivity contribution in [2.75, 3.05) is 20.3 Å². The van der Waals surface area contributed by atoms with Gasteiger partial charge in [-0.25, -0.2) is 0 Å². The van der Waals surface area contributed by atoms with Gasteiger partial charge in [-0.15, -0.1) is 0 Å². The molecule has 0 fully saturated rings. The number of rotatable bonds is 7. The molecule has 15 heavy (non-hydrogen) atoms. The summed E-state index contributed by atoms with van der Waals surface area (Å²) < 4.78 is 5.16. The largest absolute Gasteiger partial charge is 0.383 e. The first kappa shape index (κ1) is 12.1. The normalized spacial score (nSPS) is 12.7. The van der Waals surface area contributed by atoms with Gasteiger partial charge in [0.15, 0.2) is 0 Å². The van der Waals surface area contributed by atoms with Crippen LogP contribution in [0.25, 0.3) is 0 Å². The summed E-state index contributed by atoms with van der Waals surface area (Å²) in [7, 11) is 1.72. The predicted octanol–water partition coefficient (Wildman–Crippen LogP) is 1.03. The highest BCUT2D eigenvalue weighted by Crippen LogP contribution is 1.98. The van der Waals surface area contributed by atoms with Crippen LogP contribution < -0.4 is 5.32 Å². The smallest absolute Gasteiger partial charge is 0.0619 e. The minimum absolute atomic E-state index is 0.326. The van der Waals surface area contributed by atoms with Gasteiger partial charge in [-0.05, 0) is 13.0 Å². The Hall–Kier alpha value is -1.00. The molecular formula is C11H19N3O. The fraction of sp³-hybridized carbons (Fsp3) is 0.636. The van der Waals surface area contributed by atoms with E-state index in [9.17, 15) is 0 Å². The van der Waals surface area contributed by atoms with E-state index in [1.165, 1.54) is 0 Å². The zero-order chi connectivity index (χ0) is 10.9. The molecule has 0 saturated heterocycles. The first-order valence-corrected chi connectivity index (χ1v) is 5.34. The van der Waals surface area contributed by atoms with Crippen molar-refractivity contribution >= 4 is 0 Å². The minimum atomic E-state index is 0.326. The zero-order valence-corrected chi connectivity index (χ0v) is 9.44. The van der Waals surface area contributed by atoms with Crippen LogP contribution in [0.1, 0.15) is 19.0 Å². The topological polar surface area (TPSA) is 47.0 Å². The Kier molecular flexibility index (Phi) is 5.88. The van der Waals surface area contributed by atoms with E-state index in [4.69, 9.17) is 4.74 Å². The van der Waals surface area contributed by atoms with Gasteiger partial charge in [0.05, 0.1) is 12.3 Å². The Morgan fingerprint density at radius 3 is 2.93 bits per heavy atom. The molecule has 4 heteroatoms. The lowest BCUT2D eigenvalue weighted by atomic mass is 10.1. The van der Waals surface area contributed by atoms with Crippen molar-refractivity contribution in [3.63, 3.8) is 0 Å². The predicted molar refractivity (Wildman–Crippen MR) is 59.7 cm³/mol. The Balaban J connectivity index is 2.43. The van der Waals surface area contributed by atoms with Crippen molar-refractivity contribution in [1.82, 2.24) is 15.3 Å². The molecule has 1 unspecified atom stereocenters. The number of methoxy groups -OCH3 is 1. The standard InChI is InChI=1S/C11H19N3O/c1-3-4-13-11(9-15-2)7-10-8-12-5-6-14-10/h5-6,8,11,13H,3-4,7,9H2,1-2H3. The molecule has 1 heterocycles. The van der Waals surface area contributed by atoms with Crippen molar-refractivity contribution < 1.29 is 4.74 Å². The SMILES string of the molecule is CCCNC(COC)Cc1cnccn1. The van der Waals surface area contributed by atoms with Gasteiger partial charge < -0.3 is 10.1 Å². The van der Waals surface area contributed by atoms with Crippen molar-refractivity contribution in [3.05, 3.63) is 24.3 Å². The van der Waals surface area contributed by atoms with Gasteiger partial charge in [0.1, 0.15) is 0 Å². The maximum Gasteiger partial charge on any atom is 0.0619 e. The molecule has 1 rings (SSSR count). The highest BCUT2D eigenvalue weighted by Gasteiger charge is 2.08. The summed E-state index contributed by atoms with van der Waals surface area (Å²) in [5.41, 5.74) is 1.00. The van der Waals surface area contributed by atoms with Crippen molar-refractivity contribution in [2.45, 2.75) is 25.8 Å². The Morgan fingerprint density at radius 2 is 2.33 bits per heavy atom. The summed E-state index contributed by atoms with van der Waals surface area (Å²) in [6.07, 6.45) is 7.20. The fourth-order valence-electron chi connectivity index (χ4n) is 1.43. The van der Waals surface area contributed by atoms with E-state index in [0.29, 0.717) is 12.6 Å². The van der Waals surface area contributed by atoms with E-state index in [1.54, 1.807) is 25.7 Å². The molecule has 1 atom stereocenters. The fourth-order valence-corrected chi connectivity index (χ4v) is 1.43. The average Bonchev–Trinajstić information content (AvgIpc) is 2.28. The third-order valence-electron chi connectivity index (χ3n) is 2.12. The minimum Gasteiger partial charge on any atom is -0.383 e. The van der Waals surface area contributed by atoms with Crippen molar-refractivity contribution in [2.24, 2.45) is 0 Å². The first-order valence-electron chi connectivity index (χ1n) is 5.34. The molecule has 0 aliphatic carbocycles. The van der Waals surface area contributed by atoms with Gasteiger partial charge in [-0.3, -0.25) is 9.97 Å². The molecule has 1 N–H and O–H groups in total. The lowest BCUT2D eigenvalue weighted by molar-refractivity contribution is 0.165. The van der Waals surface area contributed by atoms with E-state index < -0.39 is 0 Å². The molecule has 0 aliphatic rings. The molecule has 1 aromatic rings. The lowest BCUT2D eigenvalue weighted by Gasteiger charge is -2.16. The molecule has 1 aromatic heterocycles. The molecule has 0 aliphatic heterocycles. The van der Waals surface area contributed by atoms with Gasteiger partial charge >= 0.3 is 0 Å². The number of aromatic nitrogens is 2. The summed E-state index contributed by atoms with van der Waals surface area (Å²) >= 11 is 0. The first-order chi connectivity index (χ1) is 7.36. The van der Waals surface area contributed by atoms with Crippen LogP contribution in [-0.2, 0) is 11.2 Å². The van der Waals surface area contributed by atoms with Gasteiger partial charge in [0, 0.05) is 38.2 Å². The highest BCUT2D eigenvalue weighted by molar-refractivity contribution is 4.97. The maximum absolute atomic E-state index is 5.16. The van der Waals surface area contributed by atoms with Gasteiger partial charge in [0.25, 0.3) is 0 Å². The van der Waals surface area contributed by atoms with E-state index in [1.807, 2.05) is 0 Å². The zero-order valence-electron chi connectivity index (χ0n) is 9.44. The van der Waals surface area contributed by atoms with Crippen LogP contribution >= 0.6 is 0 Å². The maximum atomic E-state index is 5.16. The van der Waals surface area contributed by atoms with E-state index in [2.05, 4.69) is 22.2 Å². The lowest BCUT2D eigenvalue weighted by Crippen LogP contribution is -2.35. The second kappa shape index (κ2) is 7.31. The highest BCUT2D eigenvalue weighted by atomic mass is 16.5. The molecule has 0 saturated carbocycles. The Bertz CT molecular complexity index is 253. The third kappa shape index (κ3) is 4.85. The van der Waals surface area contributed by atoms with Crippen LogP contribution in [0.4, 0.5) is 0 Å². The van der Waals surface area contributed by atoms with Crippen LogP contribution in [0, 0.1) is 0 Å². The summed E-state index contributed by atoms with van der Waals surface area (Å²) in [4.78, 5) is 8.30. The molecule has 0 spiro atoms. The van der Waals surface area contributed by atoms with E-state index >= 15 is 0 Å². The van der Waals surface area contributed by atoms with Crippen LogP contribution in [0.15, 0.2) is 18.6 Å². The molecule has 0 bridgehead atoms. The number of nitrogens with zero attached hydrogens (tertiary/aromatic N) is 2. The van der Waals surface area contributed by atoms with Crippen LogP contribution in [-0.4, -0.2) is 36.3 Å². The van der Waals surface area contributed by atoms with Crippen LogP contribution in [0.3, 0.4) is 0 Å². The molecule has 0 radical (unpaired) electrons. The van der Waals surface area contributed by atoms with Gasteiger partial charge in [-0.1, -0.05) is 6.92 Å². The third-order valence-corrected chi connectivity index (χ3v) is 2.12. The summed E-state index contributed by atoms with van der Waals surface area (Å²) in [6.45, 7) is 3.87. The van der Waals surface area contributed by atoms with Crippen LogP contribution in [0.2, 0.25) is 0 Å². The number of hydrogen-bond donors (Lipinski definition) is 1. The van der Waals surface area contributed by atoms with Crippen LogP contribution in [0.5, 0.6) is 0 Å². The van der Waals surface area contributed by atoms with Gasteiger partial charge in [0.2, 0.25) is 0 Å². The second-order valence-electron chi connectivity index (χ2n) is 3.51. The molecular weight excluding hydrogens is 190 g/mol. The molecule has 4 nitrogen and oxygen atoms in total. The number of hydrogen-bond acceptors (Lipinski definition) is 4. The summed E-state index contributed by atoms with van der Waals surface area (Å²) in [5, 5.41) is 3.43. The molecule has 84 valence electrons. The second-order valence-corrected chi connectivity index (χ2v) is 3.51. The van der Waals surface area contributed by atoms with E-state index in [-0.39, 0.29) is 0 Å². The monoisotopic (exact) mass is 209 g/mol. The average molecular weight is 209 g/mol. The quantitative estimate of drug-likeness (QED) is 0.728. The van der Waals surface area contributed by atoms with E-state index in [0.717, 1.165) is 25.1 Å². The molecule has 0 aromatic carbocycles. The van der Waals surface area contributed by atoms with Crippen molar-refractivity contribution in [1.29, 1.82) is 0 Å². The Labute approximate surface area is 91.1 Å². The van der Waals surface area contributed by atoms with Crippen molar-refractivity contribution in [3.8, 4) is 0 Å². The Morgan fingerprint density at radius 1 is 1.47 bits per heavy atom. The summed E-state index contributed by atoms with van der Waals surface area (Å²) in [6, 6.07) is 0.326.